The molecule has 4 nitrogen and oxygen atoms in total. The van der Waals surface area contributed by atoms with Gasteiger partial charge in [-0.3, -0.25) is 0 Å². The van der Waals surface area contributed by atoms with Gasteiger partial charge in [0.05, 0.1) is 15.6 Å². The molecule has 1 rings (SSSR count). The van der Waals surface area contributed by atoms with E-state index in [0.717, 1.165) is 12.3 Å². The molecule has 13 heavy (non-hydrogen) atoms. The van der Waals surface area contributed by atoms with Crippen LogP contribution in [0.15, 0.2) is 17.0 Å². The number of halogens is 1. The van der Waals surface area contributed by atoms with Crippen LogP contribution in [0.1, 0.15) is 0 Å². The summed E-state index contributed by atoms with van der Waals surface area (Å²) in [6, 6.07) is 2.24. The number of rotatable bonds is 1. The molecule has 0 atom stereocenters. The Labute approximate surface area is 80.9 Å². The van der Waals surface area contributed by atoms with Gasteiger partial charge in [-0.15, -0.1) is 0 Å². The smallest absolute Gasteiger partial charge is 0.177 e. The van der Waals surface area contributed by atoms with Gasteiger partial charge in [0.2, 0.25) is 0 Å². The highest BCUT2D eigenvalue weighted by Gasteiger charge is 2.14. The minimum absolute atomic E-state index is 0.0119. The second kappa shape index (κ2) is 3.08. The zero-order valence-corrected chi connectivity index (χ0v) is 8.35. The molecule has 0 aromatic heterocycles. The molecular weight excluding hydrogens is 214 g/mol. The lowest BCUT2D eigenvalue weighted by Gasteiger charge is -2.04. The summed E-state index contributed by atoms with van der Waals surface area (Å²) in [7, 11) is -3.42. The molecule has 0 fully saturated rings. The third-order valence-electron chi connectivity index (χ3n) is 1.48. The first kappa shape index (κ1) is 10.1. The van der Waals surface area contributed by atoms with Crippen LogP contribution in [0.4, 0.5) is 5.69 Å². The number of phenolic OH excluding ortho intramolecular Hbond substituents is 1. The molecule has 72 valence electrons. The van der Waals surface area contributed by atoms with Crippen molar-refractivity contribution in [3.8, 4) is 5.75 Å². The highest BCUT2D eigenvalue weighted by molar-refractivity contribution is 7.90. The fourth-order valence-electron chi connectivity index (χ4n) is 0.842. The van der Waals surface area contributed by atoms with Gasteiger partial charge in [0.15, 0.2) is 9.84 Å². The molecule has 0 aliphatic heterocycles. The second-order valence-electron chi connectivity index (χ2n) is 2.61. The normalized spacial score (nSPS) is 11.5. The quantitative estimate of drug-likeness (QED) is 0.548. The molecular formula is C7H8ClNO3S. The van der Waals surface area contributed by atoms with Crippen LogP contribution in [0.5, 0.6) is 5.75 Å². The molecule has 0 saturated carbocycles. The molecule has 0 heterocycles. The van der Waals surface area contributed by atoms with Gasteiger partial charge in [0, 0.05) is 12.3 Å². The molecule has 1 aromatic carbocycles. The summed E-state index contributed by atoms with van der Waals surface area (Å²) in [5, 5.41) is 9.15. The van der Waals surface area contributed by atoms with E-state index < -0.39 is 9.84 Å². The zero-order chi connectivity index (χ0) is 10.2. The van der Waals surface area contributed by atoms with Crippen LogP contribution >= 0.6 is 11.6 Å². The van der Waals surface area contributed by atoms with Crippen molar-refractivity contribution in [1.82, 2.24) is 0 Å². The first-order chi connectivity index (χ1) is 5.82. The lowest BCUT2D eigenvalue weighted by atomic mass is 10.3. The predicted molar refractivity (Wildman–Crippen MR) is 50.6 cm³/mol. The maximum absolute atomic E-state index is 11.1. The van der Waals surface area contributed by atoms with Gasteiger partial charge >= 0.3 is 0 Å². The molecule has 0 unspecified atom stereocenters. The Balaban J connectivity index is 3.50. The van der Waals surface area contributed by atoms with Crippen molar-refractivity contribution in [3.05, 3.63) is 17.2 Å². The number of phenols is 1. The average molecular weight is 222 g/mol. The Kier molecular flexibility index (Phi) is 2.40. The summed E-state index contributed by atoms with van der Waals surface area (Å²) in [6.45, 7) is 0. The maximum Gasteiger partial charge on any atom is 0.177 e. The van der Waals surface area contributed by atoms with Crippen molar-refractivity contribution in [2.24, 2.45) is 0 Å². The molecule has 0 bridgehead atoms. The van der Waals surface area contributed by atoms with Crippen LogP contribution in [-0.2, 0) is 9.84 Å². The van der Waals surface area contributed by atoms with E-state index in [-0.39, 0.29) is 21.4 Å². The standard InChI is InChI=1S/C7H8ClNO3S/c1-13(11,12)7-3-6(10)5(9)2-4(7)8/h2-3,10H,9H2,1H3. The first-order valence-corrected chi connectivity index (χ1v) is 5.57. The topological polar surface area (TPSA) is 80.4 Å². The molecule has 3 N–H and O–H groups in total. The van der Waals surface area contributed by atoms with Crippen LogP contribution in [0.2, 0.25) is 5.02 Å². The third kappa shape index (κ3) is 2.05. The Morgan fingerprint density at radius 3 is 2.46 bits per heavy atom. The summed E-state index contributed by atoms with van der Waals surface area (Å²) >= 11 is 5.62. The van der Waals surface area contributed by atoms with Crippen molar-refractivity contribution >= 4 is 27.1 Å². The van der Waals surface area contributed by atoms with Crippen LogP contribution < -0.4 is 5.73 Å². The largest absolute Gasteiger partial charge is 0.506 e. The van der Waals surface area contributed by atoms with E-state index in [1.165, 1.54) is 6.07 Å². The average Bonchev–Trinajstić information content (AvgIpc) is 1.94. The molecule has 6 heteroatoms. The molecule has 0 spiro atoms. The SMILES string of the molecule is CS(=O)(=O)c1cc(O)c(N)cc1Cl. The van der Waals surface area contributed by atoms with Crippen LogP contribution in [0, 0.1) is 0 Å². The summed E-state index contributed by atoms with van der Waals surface area (Å²) in [5.74, 6) is -0.287. The Hall–Kier alpha value is -0.940. The lowest BCUT2D eigenvalue weighted by Crippen LogP contribution is -1.99. The van der Waals surface area contributed by atoms with Crippen LogP contribution in [0.25, 0.3) is 0 Å². The fraction of sp³-hybridized carbons (Fsp3) is 0.143. The number of nitrogen functional groups attached to an aromatic ring is 1. The summed E-state index contributed by atoms with van der Waals surface area (Å²) in [6.07, 6.45) is 1.00. The van der Waals surface area contributed by atoms with Crippen molar-refractivity contribution in [1.29, 1.82) is 0 Å². The van der Waals surface area contributed by atoms with Gasteiger partial charge in [-0.25, -0.2) is 8.42 Å². The minimum atomic E-state index is -3.42. The number of hydrogen-bond donors (Lipinski definition) is 2. The van der Waals surface area contributed by atoms with Gasteiger partial charge < -0.3 is 10.8 Å². The van der Waals surface area contributed by atoms with E-state index in [2.05, 4.69) is 0 Å². The highest BCUT2D eigenvalue weighted by atomic mass is 35.5. The zero-order valence-electron chi connectivity index (χ0n) is 6.78. The minimum Gasteiger partial charge on any atom is -0.506 e. The maximum atomic E-state index is 11.1. The monoisotopic (exact) mass is 221 g/mol. The number of nitrogens with two attached hydrogens (primary N) is 1. The molecule has 0 amide bonds. The Morgan fingerprint density at radius 1 is 1.46 bits per heavy atom. The van der Waals surface area contributed by atoms with Gasteiger partial charge in [0.1, 0.15) is 5.75 Å². The van der Waals surface area contributed by atoms with E-state index >= 15 is 0 Å². The van der Waals surface area contributed by atoms with E-state index in [1.54, 1.807) is 0 Å². The summed E-state index contributed by atoms with van der Waals surface area (Å²) in [5.41, 5.74) is 5.36. The molecule has 1 aromatic rings. The number of anilines is 1. The van der Waals surface area contributed by atoms with Crippen LogP contribution in [-0.4, -0.2) is 19.8 Å². The van der Waals surface area contributed by atoms with E-state index in [1.807, 2.05) is 0 Å². The van der Waals surface area contributed by atoms with Gasteiger partial charge in [-0.2, -0.15) is 0 Å². The molecule has 0 saturated heterocycles. The highest BCUT2D eigenvalue weighted by Crippen LogP contribution is 2.30. The van der Waals surface area contributed by atoms with Crippen LogP contribution in [0.3, 0.4) is 0 Å². The van der Waals surface area contributed by atoms with Crippen molar-refractivity contribution in [2.75, 3.05) is 12.0 Å². The van der Waals surface area contributed by atoms with E-state index in [9.17, 15) is 8.42 Å². The van der Waals surface area contributed by atoms with Gasteiger partial charge in [-0.05, 0) is 6.07 Å². The van der Waals surface area contributed by atoms with E-state index in [0.29, 0.717) is 0 Å². The number of benzene rings is 1. The Morgan fingerprint density at radius 2 is 2.00 bits per heavy atom. The third-order valence-corrected chi connectivity index (χ3v) is 3.04. The fourth-order valence-corrected chi connectivity index (χ4v) is 2.17. The van der Waals surface area contributed by atoms with Crippen molar-refractivity contribution in [2.45, 2.75) is 4.90 Å². The summed E-state index contributed by atoms with van der Waals surface area (Å²) < 4.78 is 22.2. The number of hydrogen-bond acceptors (Lipinski definition) is 4. The molecule has 0 aliphatic rings. The first-order valence-electron chi connectivity index (χ1n) is 3.30. The van der Waals surface area contributed by atoms with Crippen molar-refractivity contribution in [3.63, 3.8) is 0 Å². The summed E-state index contributed by atoms with van der Waals surface area (Å²) in [4.78, 5) is -0.124. The van der Waals surface area contributed by atoms with E-state index in [4.69, 9.17) is 22.4 Å². The lowest BCUT2D eigenvalue weighted by molar-refractivity contribution is 0.476. The molecule has 0 radical (unpaired) electrons. The van der Waals surface area contributed by atoms with Crippen molar-refractivity contribution < 1.29 is 13.5 Å². The Bertz CT molecular complexity index is 441. The number of aromatic hydroxyl groups is 1. The predicted octanol–water partition coefficient (Wildman–Crippen LogP) is 1.03. The number of sulfone groups is 1. The van der Waals surface area contributed by atoms with Gasteiger partial charge in [-0.1, -0.05) is 11.6 Å². The van der Waals surface area contributed by atoms with Gasteiger partial charge in [0.25, 0.3) is 0 Å². The second-order valence-corrected chi connectivity index (χ2v) is 5.00. The molecule has 0 aliphatic carbocycles.